The van der Waals surface area contributed by atoms with Crippen LogP contribution in [0.5, 0.6) is 0 Å². The smallest absolute Gasteiger partial charge is 0.379 e. The molecule has 1 aliphatic heterocycles. The zero-order valence-corrected chi connectivity index (χ0v) is 9.48. The molecule has 3 nitrogen and oxygen atoms in total. The van der Waals surface area contributed by atoms with E-state index < -0.39 is 36.0 Å². The Balaban J connectivity index is 2.69. The van der Waals surface area contributed by atoms with Crippen molar-refractivity contribution in [3.05, 3.63) is 0 Å². The number of hydrogen-bond donors (Lipinski definition) is 1. The third-order valence-electron chi connectivity index (χ3n) is 2.71. The van der Waals surface area contributed by atoms with E-state index in [1.807, 2.05) is 0 Å². The molecule has 1 heterocycles. The summed E-state index contributed by atoms with van der Waals surface area (Å²) in [6, 6.07) is 0. The first-order chi connectivity index (χ1) is 7.21. The van der Waals surface area contributed by atoms with E-state index in [9.17, 15) is 23.1 Å². The number of amides is 1. The molecule has 1 N–H and O–H groups in total. The van der Waals surface area contributed by atoms with Crippen molar-refractivity contribution in [3.63, 3.8) is 0 Å². The quantitative estimate of drug-likeness (QED) is 0.764. The minimum atomic E-state index is -4.71. The number of alkyl halides is 4. The van der Waals surface area contributed by atoms with Crippen molar-refractivity contribution in [2.45, 2.75) is 36.9 Å². The predicted octanol–water partition coefficient (Wildman–Crippen LogP) is 1.53. The van der Waals surface area contributed by atoms with Crippen LogP contribution >= 0.6 is 11.6 Å². The van der Waals surface area contributed by atoms with Gasteiger partial charge in [-0.15, -0.1) is 11.6 Å². The van der Waals surface area contributed by atoms with Gasteiger partial charge in [-0.05, 0) is 6.42 Å². The molecule has 1 fully saturated rings. The first-order valence-corrected chi connectivity index (χ1v) is 5.37. The first-order valence-electron chi connectivity index (χ1n) is 4.93. The van der Waals surface area contributed by atoms with E-state index >= 15 is 0 Å². The highest BCUT2D eigenvalue weighted by Crippen LogP contribution is 2.37. The number of carbonyl (C=O) groups is 1. The van der Waals surface area contributed by atoms with Crippen LogP contribution in [0.15, 0.2) is 0 Å². The van der Waals surface area contributed by atoms with Crippen LogP contribution in [-0.2, 0) is 4.79 Å². The standard InChI is InChI=1S/C9H13ClF3NO2/c1-2-6(10)7(15)14-4-3-8(16,5-14)9(11,12)13/h6,16H,2-5H2,1H3/t6-,8+/m0/s1. The lowest BCUT2D eigenvalue weighted by Crippen LogP contribution is -2.48. The van der Waals surface area contributed by atoms with Crippen LogP contribution in [0.1, 0.15) is 19.8 Å². The normalized spacial score (nSPS) is 28.2. The molecule has 1 aliphatic rings. The summed E-state index contributed by atoms with van der Waals surface area (Å²) in [7, 11) is 0. The number of carbonyl (C=O) groups excluding carboxylic acids is 1. The largest absolute Gasteiger partial charge is 0.419 e. The van der Waals surface area contributed by atoms with Gasteiger partial charge in [0.25, 0.3) is 0 Å². The number of nitrogens with zero attached hydrogens (tertiary/aromatic N) is 1. The molecule has 0 spiro atoms. The van der Waals surface area contributed by atoms with Gasteiger partial charge in [0.1, 0.15) is 5.38 Å². The molecular formula is C9H13ClF3NO2. The molecule has 1 saturated heterocycles. The topological polar surface area (TPSA) is 40.5 Å². The summed E-state index contributed by atoms with van der Waals surface area (Å²) in [6.07, 6.45) is -4.85. The lowest BCUT2D eigenvalue weighted by Gasteiger charge is -2.26. The average Bonchev–Trinajstić information content (AvgIpc) is 2.59. The van der Waals surface area contributed by atoms with Crippen molar-refractivity contribution >= 4 is 17.5 Å². The highest BCUT2D eigenvalue weighted by atomic mass is 35.5. The molecule has 0 radical (unpaired) electrons. The summed E-state index contributed by atoms with van der Waals surface area (Å²) in [4.78, 5) is 12.5. The van der Waals surface area contributed by atoms with Gasteiger partial charge in [-0.1, -0.05) is 6.92 Å². The summed E-state index contributed by atoms with van der Waals surface area (Å²) >= 11 is 5.65. The third kappa shape index (κ3) is 2.43. The van der Waals surface area contributed by atoms with E-state index in [0.717, 1.165) is 4.90 Å². The monoisotopic (exact) mass is 259 g/mol. The van der Waals surface area contributed by atoms with Crippen molar-refractivity contribution in [3.8, 4) is 0 Å². The van der Waals surface area contributed by atoms with Crippen LogP contribution in [0, 0.1) is 0 Å². The first kappa shape index (κ1) is 13.6. The van der Waals surface area contributed by atoms with E-state index in [0.29, 0.717) is 6.42 Å². The Morgan fingerprint density at radius 2 is 2.19 bits per heavy atom. The molecule has 0 bridgehead atoms. The highest BCUT2D eigenvalue weighted by molar-refractivity contribution is 6.30. The Kier molecular flexibility index (Phi) is 3.74. The number of likely N-dealkylation sites (tertiary alicyclic amines) is 1. The van der Waals surface area contributed by atoms with Crippen molar-refractivity contribution < 1.29 is 23.1 Å². The van der Waals surface area contributed by atoms with Crippen molar-refractivity contribution in [2.75, 3.05) is 13.1 Å². The molecule has 0 aromatic rings. The van der Waals surface area contributed by atoms with Crippen LogP contribution < -0.4 is 0 Å². The summed E-state index contributed by atoms with van der Waals surface area (Å²) < 4.78 is 37.3. The van der Waals surface area contributed by atoms with Crippen LogP contribution in [0.3, 0.4) is 0 Å². The molecule has 0 aromatic heterocycles. The van der Waals surface area contributed by atoms with Crippen LogP contribution in [0.4, 0.5) is 13.2 Å². The molecule has 1 amide bonds. The fraction of sp³-hybridized carbons (Fsp3) is 0.889. The lowest BCUT2D eigenvalue weighted by molar-refractivity contribution is -0.253. The summed E-state index contributed by atoms with van der Waals surface area (Å²) in [5.74, 6) is -0.552. The maximum Gasteiger partial charge on any atom is 0.419 e. The van der Waals surface area contributed by atoms with Gasteiger partial charge in [0.2, 0.25) is 5.91 Å². The van der Waals surface area contributed by atoms with Crippen molar-refractivity contribution in [2.24, 2.45) is 0 Å². The van der Waals surface area contributed by atoms with E-state index in [2.05, 4.69) is 0 Å². The number of halogens is 4. The molecule has 16 heavy (non-hydrogen) atoms. The van der Waals surface area contributed by atoms with Gasteiger partial charge >= 0.3 is 6.18 Å². The second-order valence-electron chi connectivity index (χ2n) is 3.91. The van der Waals surface area contributed by atoms with Crippen molar-refractivity contribution in [1.82, 2.24) is 4.90 Å². The number of β-amino-alcohol motifs (C(OH)–C–C–N with tert-alkyl or cyclic N) is 1. The molecule has 0 aromatic carbocycles. The zero-order valence-electron chi connectivity index (χ0n) is 8.72. The molecule has 7 heteroatoms. The SMILES string of the molecule is CC[C@H](Cl)C(=O)N1CC[C@](O)(C(F)(F)F)C1. The van der Waals surface area contributed by atoms with E-state index in [1.54, 1.807) is 6.92 Å². The van der Waals surface area contributed by atoms with Crippen LogP contribution in [-0.4, -0.2) is 46.2 Å². The Morgan fingerprint density at radius 1 is 1.62 bits per heavy atom. The van der Waals surface area contributed by atoms with Crippen molar-refractivity contribution in [1.29, 1.82) is 0 Å². The molecular weight excluding hydrogens is 247 g/mol. The molecule has 0 saturated carbocycles. The van der Waals surface area contributed by atoms with Gasteiger partial charge in [-0.25, -0.2) is 0 Å². The van der Waals surface area contributed by atoms with Gasteiger partial charge in [-0.2, -0.15) is 13.2 Å². The summed E-state index contributed by atoms with van der Waals surface area (Å²) in [5.41, 5.74) is -2.78. The van der Waals surface area contributed by atoms with Gasteiger partial charge in [0, 0.05) is 13.0 Å². The van der Waals surface area contributed by atoms with Crippen LogP contribution in [0.25, 0.3) is 0 Å². The predicted molar refractivity (Wildman–Crippen MR) is 52.1 cm³/mol. The van der Waals surface area contributed by atoms with Crippen LogP contribution in [0.2, 0.25) is 0 Å². The van der Waals surface area contributed by atoms with E-state index in [-0.39, 0.29) is 6.54 Å². The average molecular weight is 260 g/mol. The maximum atomic E-state index is 12.4. The van der Waals surface area contributed by atoms with E-state index in [4.69, 9.17) is 11.6 Å². The lowest BCUT2D eigenvalue weighted by atomic mass is 10.0. The van der Waals surface area contributed by atoms with Gasteiger partial charge in [0.05, 0.1) is 6.54 Å². The van der Waals surface area contributed by atoms with Gasteiger partial charge in [0.15, 0.2) is 5.60 Å². The van der Waals surface area contributed by atoms with Gasteiger partial charge in [-0.3, -0.25) is 4.79 Å². The summed E-state index contributed by atoms with van der Waals surface area (Å²) in [5, 5.41) is 8.52. The second kappa shape index (κ2) is 4.41. The van der Waals surface area contributed by atoms with Gasteiger partial charge < -0.3 is 10.0 Å². The number of aliphatic hydroxyl groups is 1. The minimum Gasteiger partial charge on any atom is -0.379 e. The zero-order chi connectivity index (χ0) is 12.6. The number of hydrogen-bond acceptors (Lipinski definition) is 2. The Morgan fingerprint density at radius 3 is 2.56 bits per heavy atom. The maximum absolute atomic E-state index is 12.4. The minimum absolute atomic E-state index is 0.113. The molecule has 94 valence electrons. The Labute approximate surface area is 96.2 Å². The highest BCUT2D eigenvalue weighted by Gasteiger charge is 2.57. The fourth-order valence-electron chi connectivity index (χ4n) is 1.59. The molecule has 2 atom stereocenters. The molecule has 0 aliphatic carbocycles. The second-order valence-corrected chi connectivity index (χ2v) is 4.44. The molecule has 1 rings (SSSR count). The number of rotatable bonds is 2. The Hall–Kier alpha value is -0.490. The van der Waals surface area contributed by atoms with E-state index in [1.165, 1.54) is 0 Å². The Bertz CT molecular complexity index is 284. The fourth-order valence-corrected chi connectivity index (χ4v) is 1.72. The third-order valence-corrected chi connectivity index (χ3v) is 3.21. The summed E-state index contributed by atoms with van der Waals surface area (Å²) in [6.45, 7) is 0.832. The molecule has 0 unspecified atom stereocenters.